The van der Waals surface area contributed by atoms with Gasteiger partial charge in [0.1, 0.15) is 0 Å². The summed E-state index contributed by atoms with van der Waals surface area (Å²) in [5.74, 6) is 0. The first kappa shape index (κ1) is 14.3. The average Bonchev–Trinajstić information content (AvgIpc) is 2.24. The molecule has 0 radical (unpaired) electrons. The van der Waals surface area contributed by atoms with Crippen LogP contribution in [0.25, 0.3) is 0 Å². The number of halogens is 1. The standard InChI is InChI=1S/C13H20ClN/c1-3-4-5-6-9-12(2)13(14)10-7-8-11-15/h7,10H,3-6,8-9H2,1-2H3/b10-7+,13-12-. The molecule has 0 aliphatic rings. The van der Waals surface area contributed by atoms with Crippen molar-refractivity contribution in [2.24, 2.45) is 0 Å². The molecular formula is C13H20ClN. The van der Waals surface area contributed by atoms with Crippen molar-refractivity contribution in [3.63, 3.8) is 0 Å². The van der Waals surface area contributed by atoms with Crippen LogP contribution in [0.2, 0.25) is 0 Å². The maximum atomic E-state index is 8.36. The van der Waals surface area contributed by atoms with Gasteiger partial charge in [-0.3, -0.25) is 0 Å². The topological polar surface area (TPSA) is 23.8 Å². The molecule has 0 aliphatic carbocycles. The van der Waals surface area contributed by atoms with Gasteiger partial charge < -0.3 is 0 Å². The first-order valence-corrected chi connectivity index (χ1v) is 5.99. The minimum absolute atomic E-state index is 0.430. The van der Waals surface area contributed by atoms with Crippen molar-refractivity contribution in [1.29, 1.82) is 5.26 Å². The summed E-state index contributed by atoms with van der Waals surface area (Å²) in [6, 6.07) is 2.05. The van der Waals surface area contributed by atoms with Crippen molar-refractivity contribution in [3.8, 4) is 6.07 Å². The molecule has 0 fully saturated rings. The van der Waals surface area contributed by atoms with Gasteiger partial charge in [0.15, 0.2) is 0 Å². The molecule has 0 heterocycles. The Morgan fingerprint density at radius 3 is 2.67 bits per heavy atom. The summed E-state index contributed by atoms with van der Waals surface area (Å²) in [5.41, 5.74) is 1.22. The molecule has 0 saturated heterocycles. The molecule has 0 aromatic heterocycles. The smallest absolute Gasteiger partial charge is 0.0663 e. The maximum absolute atomic E-state index is 8.36. The highest BCUT2D eigenvalue weighted by atomic mass is 35.5. The molecule has 0 amide bonds. The fourth-order valence-electron chi connectivity index (χ4n) is 1.29. The van der Waals surface area contributed by atoms with Crippen LogP contribution in [-0.4, -0.2) is 0 Å². The van der Waals surface area contributed by atoms with E-state index in [1.807, 2.05) is 6.08 Å². The Balaban J connectivity index is 3.88. The van der Waals surface area contributed by atoms with E-state index in [-0.39, 0.29) is 0 Å². The maximum Gasteiger partial charge on any atom is 0.0663 e. The van der Waals surface area contributed by atoms with Gasteiger partial charge in [0.05, 0.1) is 12.5 Å². The number of hydrogen-bond acceptors (Lipinski definition) is 1. The summed E-state index contributed by atoms with van der Waals surface area (Å²) in [7, 11) is 0. The lowest BCUT2D eigenvalue weighted by molar-refractivity contribution is 0.664. The van der Waals surface area contributed by atoms with Crippen LogP contribution in [0.15, 0.2) is 22.8 Å². The third kappa shape index (κ3) is 8.27. The minimum atomic E-state index is 0.430. The Morgan fingerprint density at radius 2 is 2.07 bits per heavy atom. The second-order valence-electron chi connectivity index (χ2n) is 3.70. The average molecular weight is 226 g/mol. The lowest BCUT2D eigenvalue weighted by Crippen LogP contribution is -1.82. The van der Waals surface area contributed by atoms with Gasteiger partial charge in [-0.15, -0.1) is 0 Å². The van der Waals surface area contributed by atoms with Gasteiger partial charge in [-0.25, -0.2) is 0 Å². The normalized spacial score (nSPS) is 12.7. The van der Waals surface area contributed by atoms with Crippen molar-refractivity contribution in [2.75, 3.05) is 0 Å². The van der Waals surface area contributed by atoms with Crippen LogP contribution in [0, 0.1) is 11.3 Å². The van der Waals surface area contributed by atoms with E-state index >= 15 is 0 Å². The summed E-state index contributed by atoms with van der Waals surface area (Å²) >= 11 is 6.06. The second kappa shape index (κ2) is 9.80. The third-order valence-corrected chi connectivity index (χ3v) is 2.73. The Labute approximate surface area is 98.4 Å². The van der Waals surface area contributed by atoms with Crippen LogP contribution in [0.5, 0.6) is 0 Å². The Hall–Kier alpha value is -0.740. The predicted molar refractivity (Wildman–Crippen MR) is 66.7 cm³/mol. The van der Waals surface area contributed by atoms with Crippen LogP contribution >= 0.6 is 11.6 Å². The molecule has 0 rings (SSSR count). The summed E-state index contributed by atoms with van der Waals surface area (Å²) in [5, 5.41) is 9.15. The fraction of sp³-hybridized carbons (Fsp3) is 0.615. The Kier molecular flexibility index (Phi) is 9.32. The number of allylic oxidation sites excluding steroid dienone is 4. The summed E-state index contributed by atoms with van der Waals surface area (Å²) in [4.78, 5) is 0. The van der Waals surface area contributed by atoms with Crippen molar-refractivity contribution >= 4 is 11.6 Å². The van der Waals surface area contributed by atoms with Gasteiger partial charge in [-0.2, -0.15) is 5.26 Å². The van der Waals surface area contributed by atoms with Crippen LogP contribution in [0.3, 0.4) is 0 Å². The Bertz CT molecular complexity index is 258. The minimum Gasteiger partial charge on any atom is -0.198 e. The highest BCUT2D eigenvalue weighted by Gasteiger charge is 1.96. The lowest BCUT2D eigenvalue weighted by Gasteiger charge is -2.02. The molecule has 0 bridgehead atoms. The number of unbranched alkanes of at least 4 members (excludes halogenated alkanes) is 3. The van der Waals surface area contributed by atoms with Crippen molar-refractivity contribution in [1.82, 2.24) is 0 Å². The van der Waals surface area contributed by atoms with E-state index in [2.05, 4.69) is 19.9 Å². The number of rotatable bonds is 7. The van der Waals surface area contributed by atoms with E-state index in [9.17, 15) is 0 Å². The van der Waals surface area contributed by atoms with E-state index < -0.39 is 0 Å². The van der Waals surface area contributed by atoms with Gasteiger partial charge in [0.25, 0.3) is 0 Å². The van der Waals surface area contributed by atoms with Gasteiger partial charge in [-0.1, -0.05) is 49.4 Å². The molecule has 84 valence electrons. The van der Waals surface area contributed by atoms with Crippen LogP contribution in [0.4, 0.5) is 0 Å². The van der Waals surface area contributed by atoms with Gasteiger partial charge in [0, 0.05) is 5.03 Å². The molecule has 0 aliphatic heterocycles. The zero-order valence-electron chi connectivity index (χ0n) is 9.72. The number of nitriles is 1. The molecule has 0 aromatic rings. The van der Waals surface area contributed by atoms with E-state index in [0.717, 1.165) is 11.5 Å². The van der Waals surface area contributed by atoms with Gasteiger partial charge in [0.2, 0.25) is 0 Å². The first-order valence-electron chi connectivity index (χ1n) is 5.61. The lowest BCUT2D eigenvalue weighted by atomic mass is 10.1. The van der Waals surface area contributed by atoms with Gasteiger partial charge >= 0.3 is 0 Å². The number of nitrogens with zero attached hydrogens (tertiary/aromatic N) is 1. The van der Waals surface area contributed by atoms with E-state index in [1.165, 1.54) is 31.3 Å². The SMILES string of the molecule is CCCCCC/C(C)=C(Cl)/C=C/CC#N. The predicted octanol–water partition coefficient (Wildman–Crippen LogP) is 4.94. The molecule has 0 atom stereocenters. The molecule has 0 spiro atoms. The number of hydrogen-bond donors (Lipinski definition) is 0. The zero-order chi connectivity index (χ0) is 11.5. The molecule has 1 nitrogen and oxygen atoms in total. The molecule has 2 heteroatoms. The highest BCUT2D eigenvalue weighted by Crippen LogP contribution is 2.17. The molecular weight excluding hydrogens is 206 g/mol. The summed E-state index contributed by atoms with van der Waals surface area (Å²) in [6.07, 6.45) is 10.2. The third-order valence-electron chi connectivity index (χ3n) is 2.29. The zero-order valence-corrected chi connectivity index (χ0v) is 10.5. The fourth-order valence-corrected chi connectivity index (χ4v) is 1.48. The molecule has 15 heavy (non-hydrogen) atoms. The first-order chi connectivity index (χ1) is 7.22. The van der Waals surface area contributed by atoms with Crippen LogP contribution in [-0.2, 0) is 0 Å². The van der Waals surface area contributed by atoms with Crippen molar-refractivity contribution in [2.45, 2.75) is 52.4 Å². The van der Waals surface area contributed by atoms with Crippen molar-refractivity contribution in [3.05, 3.63) is 22.8 Å². The van der Waals surface area contributed by atoms with E-state index in [0.29, 0.717) is 6.42 Å². The molecule has 0 aromatic carbocycles. The van der Waals surface area contributed by atoms with Crippen molar-refractivity contribution < 1.29 is 0 Å². The monoisotopic (exact) mass is 225 g/mol. The second-order valence-corrected chi connectivity index (χ2v) is 4.11. The summed E-state index contributed by atoms with van der Waals surface area (Å²) in [6.45, 7) is 4.27. The summed E-state index contributed by atoms with van der Waals surface area (Å²) < 4.78 is 0. The molecule has 0 unspecified atom stereocenters. The van der Waals surface area contributed by atoms with Crippen LogP contribution in [0.1, 0.15) is 52.4 Å². The van der Waals surface area contributed by atoms with E-state index in [1.54, 1.807) is 6.08 Å². The van der Waals surface area contributed by atoms with E-state index in [4.69, 9.17) is 16.9 Å². The quantitative estimate of drug-likeness (QED) is 0.445. The highest BCUT2D eigenvalue weighted by molar-refractivity contribution is 6.31. The van der Waals surface area contributed by atoms with Crippen LogP contribution < -0.4 is 0 Å². The Morgan fingerprint density at radius 1 is 1.33 bits per heavy atom. The molecule has 0 saturated carbocycles. The molecule has 0 N–H and O–H groups in total. The van der Waals surface area contributed by atoms with Gasteiger partial charge in [-0.05, 0) is 25.8 Å². The largest absolute Gasteiger partial charge is 0.198 e.